The fraction of sp³-hybridized carbons (Fsp3) is 0.455. The Morgan fingerprint density at radius 2 is 2.22 bits per heavy atom. The van der Waals surface area contributed by atoms with Crippen molar-refractivity contribution in [2.75, 3.05) is 18.9 Å². The molecular weight excluding hydrogens is 276 g/mol. The number of hydrogen-bond donors (Lipinski definition) is 2. The quantitative estimate of drug-likeness (QED) is 0.816. The van der Waals surface area contributed by atoms with Crippen molar-refractivity contribution in [1.29, 1.82) is 0 Å². The molecule has 1 aromatic rings. The van der Waals surface area contributed by atoms with Crippen LogP contribution >= 0.6 is 11.6 Å². The van der Waals surface area contributed by atoms with E-state index in [1.165, 1.54) is 16.4 Å². The molecule has 1 atom stereocenters. The molecule has 0 unspecified atom stereocenters. The van der Waals surface area contributed by atoms with E-state index in [-0.39, 0.29) is 28.3 Å². The van der Waals surface area contributed by atoms with Gasteiger partial charge < -0.3 is 10.8 Å². The second-order valence-electron chi connectivity index (χ2n) is 4.25. The Kier molecular flexibility index (Phi) is 3.82. The van der Waals surface area contributed by atoms with Crippen LogP contribution in [0.2, 0.25) is 5.02 Å². The van der Waals surface area contributed by atoms with E-state index in [4.69, 9.17) is 17.3 Å². The zero-order chi connectivity index (χ0) is 13.3. The summed E-state index contributed by atoms with van der Waals surface area (Å²) >= 11 is 5.94. The van der Waals surface area contributed by atoms with Crippen LogP contribution in [0.4, 0.5) is 5.69 Å². The first-order valence-corrected chi connectivity index (χ1v) is 7.47. The first kappa shape index (κ1) is 13.6. The summed E-state index contributed by atoms with van der Waals surface area (Å²) in [6.07, 6.45) is 1.38. The highest BCUT2D eigenvalue weighted by Crippen LogP contribution is 2.33. The zero-order valence-corrected chi connectivity index (χ0v) is 11.3. The maximum atomic E-state index is 12.5. The molecule has 18 heavy (non-hydrogen) atoms. The molecule has 0 radical (unpaired) electrons. The van der Waals surface area contributed by atoms with Gasteiger partial charge in [0.25, 0.3) is 0 Å². The first-order chi connectivity index (χ1) is 8.48. The Morgan fingerprint density at radius 1 is 1.50 bits per heavy atom. The normalized spacial score (nSPS) is 21.3. The fourth-order valence-electron chi connectivity index (χ4n) is 2.22. The molecule has 1 aromatic carbocycles. The van der Waals surface area contributed by atoms with Crippen LogP contribution in [0.15, 0.2) is 23.1 Å². The Morgan fingerprint density at radius 3 is 2.83 bits per heavy atom. The van der Waals surface area contributed by atoms with Crippen molar-refractivity contribution >= 4 is 27.3 Å². The molecule has 2 rings (SSSR count). The minimum absolute atomic E-state index is 0.0629. The second kappa shape index (κ2) is 5.05. The summed E-state index contributed by atoms with van der Waals surface area (Å²) in [5.74, 6) is 0. The standard InChI is InChI=1S/C11H15ClN2O3S/c12-9-4-1-5-10(13)11(9)18(16,17)14-6-2-3-8(14)7-15/h1,4-5,8,15H,2-3,6-7,13H2/t8-/m1/s1. The summed E-state index contributed by atoms with van der Waals surface area (Å²) < 4.78 is 26.3. The lowest BCUT2D eigenvalue weighted by molar-refractivity contribution is 0.213. The van der Waals surface area contributed by atoms with Crippen molar-refractivity contribution in [3.8, 4) is 0 Å². The van der Waals surface area contributed by atoms with Crippen molar-refractivity contribution < 1.29 is 13.5 Å². The number of benzene rings is 1. The largest absolute Gasteiger partial charge is 0.398 e. The van der Waals surface area contributed by atoms with Gasteiger partial charge in [-0.15, -0.1) is 0 Å². The van der Waals surface area contributed by atoms with Gasteiger partial charge in [0.1, 0.15) is 4.90 Å². The van der Waals surface area contributed by atoms with Gasteiger partial charge in [-0.05, 0) is 25.0 Å². The second-order valence-corrected chi connectivity index (χ2v) is 6.49. The van der Waals surface area contributed by atoms with Gasteiger partial charge in [0.15, 0.2) is 0 Å². The third-order valence-electron chi connectivity index (χ3n) is 3.10. The van der Waals surface area contributed by atoms with Gasteiger partial charge in [0.2, 0.25) is 10.0 Å². The van der Waals surface area contributed by atoms with Crippen molar-refractivity contribution in [2.45, 2.75) is 23.8 Å². The third kappa shape index (κ3) is 2.21. The van der Waals surface area contributed by atoms with Gasteiger partial charge in [0.05, 0.1) is 17.3 Å². The summed E-state index contributed by atoms with van der Waals surface area (Å²) in [7, 11) is -3.74. The van der Waals surface area contributed by atoms with E-state index in [0.29, 0.717) is 13.0 Å². The van der Waals surface area contributed by atoms with Crippen LogP contribution in [0, 0.1) is 0 Å². The van der Waals surface area contributed by atoms with Crippen LogP contribution in [0.3, 0.4) is 0 Å². The Bertz CT molecular complexity index is 527. The molecule has 100 valence electrons. The molecule has 1 heterocycles. The number of nitrogen functional groups attached to an aromatic ring is 1. The number of nitrogens with zero attached hydrogens (tertiary/aromatic N) is 1. The molecule has 1 aliphatic rings. The zero-order valence-electron chi connectivity index (χ0n) is 9.71. The molecule has 0 aliphatic carbocycles. The first-order valence-electron chi connectivity index (χ1n) is 5.65. The monoisotopic (exact) mass is 290 g/mol. The molecule has 0 amide bonds. The lowest BCUT2D eigenvalue weighted by atomic mass is 10.2. The van der Waals surface area contributed by atoms with Gasteiger partial charge in [-0.3, -0.25) is 0 Å². The van der Waals surface area contributed by atoms with E-state index in [1.807, 2.05) is 0 Å². The van der Waals surface area contributed by atoms with Crippen molar-refractivity contribution in [3.05, 3.63) is 23.2 Å². The molecule has 0 bridgehead atoms. The average molecular weight is 291 g/mol. The fourth-order valence-corrected chi connectivity index (χ4v) is 4.55. The van der Waals surface area contributed by atoms with Crippen molar-refractivity contribution in [3.63, 3.8) is 0 Å². The van der Waals surface area contributed by atoms with Gasteiger partial charge >= 0.3 is 0 Å². The number of hydrogen-bond acceptors (Lipinski definition) is 4. The van der Waals surface area contributed by atoms with Gasteiger partial charge in [-0.25, -0.2) is 8.42 Å². The number of nitrogens with two attached hydrogens (primary N) is 1. The molecule has 1 aliphatic heterocycles. The molecule has 1 fully saturated rings. The minimum Gasteiger partial charge on any atom is -0.398 e. The van der Waals surface area contributed by atoms with Gasteiger partial charge in [0, 0.05) is 12.6 Å². The number of aliphatic hydroxyl groups is 1. The predicted molar refractivity (Wildman–Crippen MR) is 69.9 cm³/mol. The average Bonchev–Trinajstić information content (AvgIpc) is 2.77. The number of sulfonamides is 1. The number of aliphatic hydroxyl groups excluding tert-OH is 1. The van der Waals surface area contributed by atoms with E-state index < -0.39 is 10.0 Å². The molecule has 0 spiro atoms. The molecule has 3 N–H and O–H groups in total. The van der Waals surface area contributed by atoms with Crippen LogP contribution in [-0.2, 0) is 10.0 Å². The molecular formula is C11H15ClN2O3S. The highest BCUT2D eigenvalue weighted by molar-refractivity contribution is 7.89. The van der Waals surface area contributed by atoms with Gasteiger partial charge in [-0.1, -0.05) is 17.7 Å². The summed E-state index contributed by atoms with van der Waals surface area (Å²) in [5.41, 5.74) is 5.84. The summed E-state index contributed by atoms with van der Waals surface area (Å²) in [6.45, 7) is 0.196. The van der Waals surface area contributed by atoms with Crippen LogP contribution in [0.1, 0.15) is 12.8 Å². The maximum Gasteiger partial charge on any atom is 0.246 e. The molecule has 0 aromatic heterocycles. The van der Waals surface area contributed by atoms with Crippen LogP contribution in [0.25, 0.3) is 0 Å². The summed E-state index contributed by atoms with van der Waals surface area (Å²) in [6, 6.07) is 4.22. The predicted octanol–water partition coefficient (Wildman–Crippen LogP) is 1.07. The maximum absolute atomic E-state index is 12.5. The lowest BCUT2D eigenvalue weighted by Gasteiger charge is -2.23. The van der Waals surface area contributed by atoms with E-state index in [2.05, 4.69) is 0 Å². The van der Waals surface area contributed by atoms with Gasteiger partial charge in [-0.2, -0.15) is 4.31 Å². The Hall–Kier alpha value is -0.820. The highest BCUT2D eigenvalue weighted by atomic mass is 35.5. The van der Waals surface area contributed by atoms with Crippen LogP contribution in [0.5, 0.6) is 0 Å². The van der Waals surface area contributed by atoms with Crippen molar-refractivity contribution in [2.24, 2.45) is 0 Å². The number of anilines is 1. The third-order valence-corrected chi connectivity index (χ3v) is 5.59. The van der Waals surface area contributed by atoms with E-state index in [1.54, 1.807) is 6.07 Å². The van der Waals surface area contributed by atoms with E-state index in [0.717, 1.165) is 6.42 Å². The smallest absolute Gasteiger partial charge is 0.246 e. The van der Waals surface area contributed by atoms with Crippen LogP contribution in [-0.4, -0.2) is 37.0 Å². The van der Waals surface area contributed by atoms with Crippen molar-refractivity contribution in [1.82, 2.24) is 4.31 Å². The molecule has 7 heteroatoms. The summed E-state index contributed by atoms with van der Waals surface area (Å²) in [5, 5.41) is 9.32. The Balaban J connectivity index is 2.49. The molecule has 1 saturated heterocycles. The molecule has 0 saturated carbocycles. The lowest BCUT2D eigenvalue weighted by Crippen LogP contribution is -2.38. The van der Waals surface area contributed by atoms with E-state index in [9.17, 15) is 13.5 Å². The molecule has 5 nitrogen and oxygen atoms in total. The number of rotatable bonds is 3. The highest BCUT2D eigenvalue weighted by Gasteiger charge is 2.36. The topological polar surface area (TPSA) is 83.6 Å². The van der Waals surface area contributed by atoms with Crippen LogP contribution < -0.4 is 5.73 Å². The SMILES string of the molecule is Nc1cccc(Cl)c1S(=O)(=O)N1CCC[C@@H]1CO. The number of halogens is 1. The van der Waals surface area contributed by atoms with E-state index >= 15 is 0 Å². The minimum atomic E-state index is -3.74. The summed E-state index contributed by atoms with van der Waals surface area (Å²) in [4.78, 5) is -0.0629. The Labute approximate surface area is 111 Å².